The van der Waals surface area contributed by atoms with Crippen molar-refractivity contribution in [2.24, 2.45) is 29.6 Å². The molecule has 1 aliphatic carbocycles. The van der Waals surface area contributed by atoms with Crippen LogP contribution in [0.5, 0.6) is 5.75 Å². The Balaban J connectivity index is 1.50. The summed E-state index contributed by atoms with van der Waals surface area (Å²) >= 11 is 0. The number of hydrogen-bond acceptors (Lipinski definition) is 11. The zero-order valence-electron chi connectivity index (χ0n) is 39.5. The molecule has 13 heteroatoms. The average molecular weight is 895 g/mol. The molecule has 1 aromatic rings. The Labute approximate surface area is 380 Å². The number of ether oxygens (including phenoxy) is 5. The maximum atomic E-state index is 16.3. The number of halogens is 1. The van der Waals surface area contributed by atoms with E-state index in [4.69, 9.17) is 23.7 Å². The summed E-state index contributed by atoms with van der Waals surface area (Å²) in [7, 11) is 2.93. The van der Waals surface area contributed by atoms with Crippen LogP contribution in [0.4, 0.5) is 4.39 Å². The van der Waals surface area contributed by atoms with Crippen LogP contribution in [0.1, 0.15) is 112 Å². The van der Waals surface area contributed by atoms with Crippen molar-refractivity contribution in [3.63, 3.8) is 0 Å². The highest BCUT2D eigenvalue weighted by Crippen LogP contribution is 2.40. The first-order valence-corrected chi connectivity index (χ1v) is 23.7. The highest BCUT2D eigenvalue weighted by Gasteiger charge is 2.56. The van der Waals surface area contributed by atoms with E-state index in [0.29, 0.717) is 44.2 Å². The minimum absolute atomic E-state index is 0.0262. The summed E-state index contributed by atoms with van der Waals surface area (Å²) in [6.07, 6.45) is 6.08. The summed E-state index contributed by atoms with van der Waals surface area (Å²) in [4.78, 5) is 58.4. The Morgan fingerprint density at radius 1 is 0.969 bits per heavy atom. The van der Waals surface area contributed by atoms with Gasteiger partial charge in [0.2, 0.25) is 5.79 Å². The van der Waals surface area contributed by atoms with Gasteiger partial charge in [0.15, 0.2) is 0 Å². The van der Waals surface area contributed by atoms with Crippen molar-refractivity contribution < 1.29 is 52.4 Å². The molecule has 2 N–H and O–H groups in total. The molecule has 12 nitrogen and oxygen atoms in total. The molecule has 0 radical (unpaired) electrons. The van der Waals surface area contributed by atoms with E-state index < -0.39 is 77.8 Å². The molecule has 4 aliphatic rings. The van der Waals surface area contributed by atoms with Crippen molar-refractivity contribution in [2.75, 3.05) is 27.3 Å². The second-order valence-electron chi connectivity index (χ2n) is 18.9. The summed E-state index contributed by atoms with van der Waals surface area (Å²) in [5, 5.41) is 15.7. The van der Waals surface area contributed by atoms with Gasteiger partial charge in [0, 0.05) is 51.6 Å². The first-order chi connectivity index (χ1) is 30.6. The molecule has 356 valence electrons. The molecule has 3 fully saturated rings. The number of nitrogens with one attached hydrogen (secondary N) is 1. The number of aliphatic hydroxyl groups is 1. The third-order valence-electron chi connectivity index (χ3n) is 14.3. The van der Waals surface area contributed by atoms with Gasteiger partial charge in [0.25, 0.3) is 11.7 Å². The minimum Gasteiger partial charge on any atom is -0.489 e. The van der Waals surface area contributed by atoms with Crippen molar-refractivity contribution in [3.8, 4) is 5.75 Å². The Morgan fingerprint density at radius 3 is 2.34 bits per heavy atom. The first-order valence-electron chi connectivity index (χ1n) is 23.7. The van der Waals surface area contributed by atoms with Gasteiger partial charge in [-0.15, -0.1) is 6.58 Å². The van der Waals surface area contributed by atoms with Gasteiger partial charge in [0.1, 0.15) is 42.1 Å². The van der Waals surface area contributed by atoms with E-state index in [2.05, 4.69) is 18.0 Å². The molecule has 14 unspecified atom stereocenters. The molecule has 2 saturated heterocycles. The molecule has 1 amide bonds. The molecular weight excluding hydrogens is 820 g/mol. The number of benzene rings is 1. The van der Waals surface area contributed by atoms with Crippen molar-refractivity contribution in [1.82, 2.24) is 10.2 Å². The highest BCUT2D eigenvalue weighted by atomic mass is 19.1. The summed E-state index contributed by atoms with van der Waals surface area (Å²) in [6, 6.07) is 8.75. The Kier molecular flexibility index (Phi) is 18.9. The van der Waals surface area contributed by atoms with Gasteiger partial charge >= 0.3 is 5.97 Å². The Hall–Kier alpha value is -3.75. The van der Waals surface area contributed by atoms with Crippen LogP contribution in [0, 0.1) is 29.6 Å². The molecule has 1 aromatic carbocycles. The fourth-order valence-electron chi connectivity index (χ4n) is 10.3. The fraction of sp³-hybridized carbons (Fsp3) is 0.686. The summed E-state index contributed by atoms with van der Waals surface area (Å²) in [5.41, 5.74) is 1.24. The van der Waals surface area contributed by atoms with E-state index in [1.807, 2.05) is 57.2 Å². The minimum atomic E-state index is -2.57. The van der Waals surface area contributed by atoms with Crippen LogP contribution in [0.2, 0.25) is 0 Å². The number of rotatable bonds is 10. The monoisotopic (exact) mass is 895 g/mol. The lowest BCUT2D eigenvalue weighted by atomic mass is 9.81. The van der Waals surface area contributed by atoms with Crippen molar-refractivity contribution in [2.45, 2.75) is 167 Å². The van der Waals surface area contributed by atoms with Crippen LogP contribution in [0.25, 0.3) is 0 Å². The van der Waals surface area contributed by atoms with E-state index in [9.17, 15) is 24.3 Å². The summed E-state index contributed by atoms with van der Waals surface area (Å²) < 4.78 is 47.2. The number of fused-ring (bicyclic) bond motifs is 3. The Morgan fingerprint density at radius 2 is 1.67 bits per heavy atom. The molecule has 3 aliphatic heterocycles. The number of carbonyl (C=O) groups excluding carboxylic acids is 4. The van der Waals surface area contributed by atoms with Crippen LogP contribution in [0.15, 0.2) is 66.3 Å². The zero-order valence-corrected chi connectivity index (χ0v) is 39.5. The van der Waals surface area contributed by atoms with Crippen LogP contribution in [0.3, 0.4) is 0 Å². The SMILES string of the molecule is C=CCNC1CCC(C=C(C)C2OC(=O)C3CCCCN3C(=O)C(=O)C3(O)OC(C(OC)CC(C)C(F)C(C)=CC(CC)C(=O)CCC2C)C(OC)CC3C)CC1Oc1ccccc1. The lowest BCUT2D eigenvalue weighted by Crippen LogP contribution is -2.64. The molecule has 64 heavy (non-hydrogen) atoms. The third kappa shape index (κ3) is 12.4. The number of allylic oxidation sites excluding steroid dienone is 3. The lowest BCUT2D eigenvalue weighted by molar-refractivity contribution is -0.302. The topological polar surface area (TPSA) is 150 Å². The van der Waals surface area contributed by atoms with Gasteiger partial charge in [0.05, 0.1) is 12.2 Å². The second-order valence-corrected chi connectivity index (χ2v) is 18.9. The number of alkyl halides is 1. The van der Waals surface area contributed by atoms with Crippen molar-refractivity contribution in [3.05, 3.63) is 66.3 Å². The zero-order chi connectivity index (χ0) is 46.7. The molecule has 1 saturated carbocycles. The highest BCUT2D eigenvalue weighted by molar-refractivity contribution is 6.39. The van der Waals surface area contributed by atoms with Gasteiger partial charge in [-0.2, -0.15) is 0 Å². The van der Waals surface area contributed by atoms with E-state index >= 15 is 4.39 Å². The second kappa shape index (κ2) is 23.6. The van der Waals surface area contributed by atoms with Crippen LogP contribution >= 0.6 is 0 Å². The van der Waals surface area contributed by atoms with Gasteiger partial charge in [-0.05, 0) is 119 Å². The quantitative estimate of drug-likeness (QED) is 0.135. The molecule has 5 rings (SSSR count). The fourth-order valence-corrected chi connectivity index (χ4v) is 10.3. The smallest absolute Gasteiger partial charge is 0.329 e. The third-order valence-corrected chi connectivity index (χ3v) is 14.3. The predicted octanol–water partition coefficient (Wildman–Crippen LogP) is 7.67. The first kappa shape index (κ1) is 51.2. The maximum absolute atomic E-state index is 16.3. The number of ketones is 2. The van der Waals surface area contributed by atoms with Gasteiger partial charge in [-0.25, -0.2) is 9.18 Å². The van der Waals surface area contributed by atoms with Crippen molar-refractivity contribution in [1.29, 1.82) is 0 Å². The van der Waals surface area contributed by atoms with Gasteiger partial charge in [-0.1, -0.05) is 64.1 Å². The normalized spacial score (nSPS) is 36.8. The van der Waals surface area contributed by atoms with Crippen LogP contribution in [-0.2, 0) is 38.1 Å². The standard InChI is InChI=1S/C51H75FN2O10/c1-10-24-53-39-22-21-36(30-42(39)62-38-17-13-12-14-18-38)26-34(6)46-31(3)20-23-41(55)37(11-2)27-32(4)45(52)33(5)28-43(60-8)47-44(61-9)29-35(7)51(59,64-47)48(56)49(57)54-25-16-15-19-40(54)50(58)63-46/h10,12-14,17-18,26-27,31,33,35-37,39-40,42-47,53,59H,1,11,15-16,19-25,28-30H2,2-9H3. The molecule has 0 aromatic heterocycles. The lowest BCUT2D eigenvalue weighted by Gasteiger charge is -2.47. The number of carbonyl (C=O) groups is 4. The van der Waals surface area contributed by atoms with Gasteiger partial charge in [-0.3, -0.25) is 14.4 Å². The number of para-hydroxylation sites is 1. The van der Waals surface area contributed by atoms with Crippen LogP contribution in [-0.4, -0.2) is 115 Å². The number of hydrogen-bond donors (Lipinski definition) is 2. The van der Waals surface area contributed by atoms with Crippen LogP contribution < -0.4 is 10.1 Å². The number of Topliss-reactive ketones (excluding diaryl/α,β-unsaturated/α-hetero) is 2. The van der Waals surface area contributed by atoms with E-state index in [-0.39, 0.29) is 62.0 Å². The number of esters is 1. The maximum Gasteiger partial charge on any atom is 0.329 e. The molecule has 14 atom stereocenters. The number of cyclic esters (lactones) is 1. The van der Waals surface area contributed by atoms with E-state index in [1.165, 1.54) is 19.1 Å². The Bertz CT molecular complexity index is 1810. The number of amides is 1. The van der Waals surface area contributed by atoms with E-state index in [1.54, 1.807) is 26.8 Å². The molecule has 0 spiro atoms. The molecule has 2 bridgehead atoms. The average Bonchev–Trinajstić information content (AvgIpc) is 3.30. The van der Waals surface area contributed by atoms with Crippen molar-refractivity contribution >= 4 is 23.4 Å². The number of nitrogens with zero attached hydrogens (tertiary/aromatic N) is 1. The summed E-state index contributed by atoms with van der Waals surface area (Å²) in [6.45, 7) is 15.5. The van der Waals surface area contributed by atoms with Gasteiger partial charge < -0.3 is 39.0 Å². The number of piperidine rings is 1. The summed E-state index contributed by atoms with van der Waals surface area (Å²) in [5.74, 6) is -6.93. The predicted molar refractivity (Wildman–Crippen MR) is 243 cm³/mol. The van der Waals surface area contributed by atoms with E-state index in [0.717, 1.165) is 24.2 Å². The molecular formula is C51H75FN2O10. The molecule has 3 heterocycles. The number of methoxy groups -OCH3 is 2. The largest absolute Gasteiger partial charge is 0.489 e.